The minimum absolute atomic E-state index is 0.118. The van der Waals surface area contributed by atoms with Crippen LogP contribution in [0.3, 0.4) is 0 Å². The van der Waals surface area contributed by atoms with E-state index in [0.29, 0.717) is 4.47 Å². The summed E-state index contributed by atoms with van der Waals surface area (Å²) in [5.74, 6) is -1.37. The van der Waals surface area contributed by atoms with Crippen LogP contribution in [-0.2, 0) is 4.74 Å². The lowest BCUT2D eigenvalue weighted by atomic mass is 10.2. The second-order valence-corrected chi connectivity index (χ2v) is 3.43. The molecule has 0 aromatic heterocycles. The fourth-order valence-electron chi connectivity index (χ4n) is 0.927. The van der Waals surface area contributed by atoms with Gasteiger partial charge in [0.05, 0.1) is 12.2 Å². The van der Waals surface area contributed by atoms with Crippen LogP contribution in [0, 0.1) is 5.82 Å². The molecule has 0 heterocycles. The lowest BCUT2D eigenvalue weighted by Gasteiger charge is -2.05. The fraction of sp³-hybridized carbons (Fsp3) is 0.222. The van der Waals surface area contributed by atoms with Crippen LogP contribution in [0.5, 0.6) is 0 Å². The van der Waals surface area contributed by atoms with Crippen LogP contribution in [0.15, 0.2) is 16.6 Å². The molecule has 0 saturated heterocycles. The Bertz CT molecular complexity index is 368. The predicted octanol–water partition coefficient (Wildman–Crippen LogP) is 2.35. The largest absolute Gasteiger partial charge is 0.462 e. The molecule has 5 heteroatoms. The third-order valence-corrected chi connectivity index (χ3v) is 2.27. The van der Waals surface area contributed by atoms with Crippen molar-refractivity contribution in [2.24, 2.45) is 0 Å². The average molecular weight is 262 g/mol. The lowest BCUT2D eigenvalue weighted by Crippen LogP contribution is -2.08. The summed E-state index contributed by atoms with van der Waals surface area (Å²) in [4.78, 5) is 11.2. The first-order valence-corrected chi connectivity index (χ1v) is 4.77. The molecule has 2 N–H and O–H groups in total. The molecule has 0 aliphatic heterocycles. The summed E-state index contributed by atoms with van der Waals surface area (Å²) in [6.45, 7) is 1.86. The highest BCUT2D eigenvalue weighted by Gasteiger charge is 2.14. The van der Waals surface area contributed by atoms with Crippen molar-refractivity contribution >= 4 is 27.6 Å². The zero-order valence-corrected chi connectivity index (χ0v) is 9.10. The van der Waals surface area contributed by atoms with E-state index in [2.05, 4.69) is 20.7 Å². The van der Waals surface area contributed by atoms with E-state index in [4.69, 9.17) is 5.73 Å². The highest BCUT2D eigenvalue weighted by Crippen LogP contribution is 2.23. The van der Waals surface area contributed by atoms with Crippen LogP contribution in [0.1, 0.15) is 17.3 Å². The normalized spacial score (nSPS) is 9.93. The van der Waals surface area contributed by atoms with Crippen molar-refractivity contribution in [3.05, 3.63) is 28.0 Å². The molecule has 1 aromatic carbocycles. The first kappa shape index (κ1) is 11.0. The molecule has 14 heavy (non-hydrogen) atoms. The molecule has 0 saturated carbocycles. The molecular weight excluding hydrogens is 253 g/mol. The summed E-state index contributed by atoms with van der Waals surface area (Å²) < 4.78 is 18.3. The van der Waals surface area contributed by atoms with Gasteiger partial charge in [0.2, 0.25) is 0 Å². The number of benzene rings is 1. The van der Waals surface area contributed by atoms with E-state index in [0.717, 1.165) is 6.07 Å². The van der Waals surface area contributed by atoms with Crippen molar-refractivity contribution in [1.82, 2.24) is 0 Å². The van der Waals surface area contributed by atoms with Gasteiger partial charge in [-0.05, 0) is 35.0 Å². The molecule has 0 unspecified atom stereocenters. The molecule has 76 valence electrons. The van der Waals surface area contributed by atoms with Gasteiger partial charge in [-0.15, -0.1) is 0 Å². The van der Waals surface area contributed by atoms with E-state index >= 15 is 0 Å². The number of ether oxygens (including phenoxy) is 1. The van der Waals surface area contributed by atoms with Crippen LogP contribution in [0.2, 0.25) is 0 Å². The van der Waals surface area contributed by atoms with Gasteiger partial charge in [0.1, 0.15) is 5.82 Å². The van der Waals surface area contributed by atoms with Crippen LogP contribution < -0.4 is 5.73 Å². The van der Waals surface area contributed by atoms with Crippen molar-refractivity contribution in [3.8, 4) is 0 Å². The summed E-state index contributed by atoms with van der Waals surface area (Å²) in [5.41, 5.74) is 5.55. The van der Waals surface area contributed by atoms with E-state index < -0.39 is 11.8 Å². The topological polar surface area (TPSA) is 52.3 Å². The van der Waals surface area contributed by atoms with Gasteiger partial charge in [0.25, 0.3) is 0 Å². The first-order chi connectivity index (χ1) is 6.56. The first-order valence-electron chi connectivity index (χ1n) is 3.98. The fourth-order valence-corrected chi connectivity index (χ4v) is 1.27. The van der Waals surface area contributed by atoms with E-state index in [-0.39, 0.29) is 17.9 Å². The number of nitrogen functional groups attached to an aromatic ring is 1. The molecule has 0 aliphatic carbocycles. The number of anilines is 1. The van der Waals surface area contributed by atoms with Gasteiger partial charge in [0.15, 0.2) is 0 Å². The Kier molecular flexibility index (Phi) is 3.46. The van der Waals surface area contributed by atoms with E-state index in [1.165, 1.54) is 6.07 Å². The van der Waals surface area contributed by atoms with E-state index in [1.807, 2.05) is 0 Å². The van der Waals surface area contributed by atoms with Gasteiger partial charge in [0, 0.05) is 10.2 Å². The van der Waals surface area contributed by atoms with Crippen LogP contribution >= 0.6 is 15.9 Å². The van der Waals surface area contributed by atoms with Gasteiger partial charge < -0.3 is 10.5 Å². The Morgan fingerprint density at radius 1 is 1.64 bits per heavy atom. The van der Waals surface area contributed by atoms with Gasteiger partial charge in [-0.3, -0.25) is 0 Å². The van der Waals surface area contributed by atoms with Crippen LogP contribution in [0.4, 0.5) is 10.1 Å². The Morgan fingerprint density at radius 3 is 2.86 bits per heavy atom. The molecule has 0 bridgehead atoms. The summed E-state index contributed by atoms with van der Waals surface area (Å²) in [6.07, 6.45) is 0. The van der Waals surface area contributed by atoms with Crippen molar-refractivity contribution in [1.29, 1.82) is 0 Å². The molecule has 3 nitrogen and oxygen atoms in total. The second-order valence-electron chi connectivity index (χ2n) is 2.57. The highest BCUT2D eigenvalue weighted by molar-refractivity contribution is 9.10. The Balaban J connectivity index is 3.09. The molecule has 0 atom stereocenters. The molecule has 0 aliphatic rings. The van der Waals surface area contributed by atoms with Gasteiger partial charge in [-0.25, -0.2) is 9.18 Å². The summed E-state index contributed by atoms with van der Waals surface area (Å²) in [7, 11) is 0. The van der Waals surface area contributed by atoms with Crippen molar-refractivity contribution in [2.75, 3.05) is 12.3 Å². The molecule has 0 amide bonds. The van der Waals surface area contributed by atoms with Crippen LogP contribution in [-0.4, -0.2) is 12.6 Å². The highest BCUT2D eigenvalue weighted by atomic mass is 79.9. The third-order valence-electron chi connectivity index (χ3n) is 1.58. The summed E-state index contributed by atoms with van der Waals surface area (Å²) in [5, 5.41) is 0. The molecule has 0 fully saturated rings. The zero-order chi connectivity index (χ0) is 10.7. The number of carbonyl (C=O) groups excluding carboxylic acids is 1. The maximum Gasteiger partial charge on any atom is 0.341 e. The standard InChI is InChI=1S/C9H9BrFNO2/c1-2-14-9(13)5-3-6(10)8(12)4-7(5)11/h3-4H,2,12H2,1H3. The van der Waals surface area contributed by atoms with Crippen molar-refractivity contribution < 1.29 is 13.9 Å². The van der Waals surface area contributed by atoms with Gasteiger partial charge in [-0.1, -0.05) is 0 Å². The second kappa shape index (κ2) is 4.41. The maximum absolute atomic E-state index is 13.2. The molecular formula is C9H9BrFNO2. The number of esters is 1. The predicted molar refractivity (Wildman–Crippen MR) is 54.5 cm³/mol. The van der Waals surface area contributed by atoms with Gasteiger partial charge in [-0.2, -0.15) is 0 Å². The van der Waals surface area contributed by atoms with E-state index in [9.17, 15) is 9.18 Å². The molecule has 1 rings (SSSR count). The number of hydrogen-bond acceptors (Lipinski definition) is 3. The van der Waals surface area contributed by atoms with Crippen molar-refractivity contribution in [3.63, 3.8) is 0 Å². The van der Waals surface area contributed by atoms with Gasteiger partial charge >= 0.3 is 5.97 Å². The smallest absolute Gasteiger partial charge is 0.341 e. The number of rotatable bonds is 2. The summed E-state index contributed by atoms with van der Waals surface area (Å²) in [6, 6.07) is 2.39. The summed E-state index contributed by atoms with van der Waals surface area (Å²) >= 11 is 3.10. The van der Waals surface area contributed by atoms with Crippen LogP contribution in [0.25, 0.3) is 0 Å². The Morgan fingerprint density at radius 2 is 2.29 bits per heavy atom. The number of nitrogens with two attached hydrogens (primary N) is 1. The monoisotopic (exact) mass is 261 g/mol. The van der Waals surface area contributed by atoms with E-state index in [1.54, 1.807) is 6.92 Å². The molecule has 0 radical (unpaired) electrons. The quantitative estimate of drug-likeness (QED) is 0.657. The molecule has 1 aromatic rings. The Labute approximate surface area is 89.2 Å². The Hall–Kier alpha value is -1.10. The third kappa shape index (κ3) is 2.23. The SMILES string of the molecule is CCOC(=O)c1cc(Br)c(N)cc1F. The number of halogens is 2. The van der Waals surface area contributed by atoms with Crippen molar-refractivity contribution in [2.45, 2.75) is 6.92 Å². The minimum Gasteiger partial charge on any atom is -0.462 e. The average Bonchev–Trinajstić information content (AvgIpc) is 2.11. The maximum atomic E-state index is 13.2. The lowest BCUT2D eigenvalue weighted by molar-refractivity contribution is 0.0521. The zero-order valence-electron chi connectivity index (χ0n) is 7.51. The minimum atomic E-state index is -0.689. The number of hydrogen-bond donors (Lipinski definition) is 1. The number of carbonyl (C=O) groups is 1. The molecule has 0 spiro atoms.